The summed E-state index contributed by atoms with van der Waals surface area (Å²) in [6, 6.07) is 2.06. The van der Waals surface area contributed by atoms with Crippen molar-refractivity contribution in [1.29, 1.82) is 0 Å². The number of aromatic nitrogens is 1. The van der Waals surface area contributed by atoms with Gasteiger partial charge in [0.1, 0.15) is 0 Å². The maximum absolute atomic E-state index is 5.63. The van der Waals surface area contributed by atoms with Crippen LogP contribution in [0.15, 0.2) is 12.3 Å². The van der Waals surface area contributed by atoms with E-state index in [1.807, 2.05) is 6.20 Å². The fourth-order valence-electron chi connectivity index (χ4n) is 2.16. The maximum Gasteiger partial charge on any atom is 0.0494 e. The van der Waals surface area contributed by atoms with Crippen LogP contribution in [0, 0.1) is 5.41 Å². The van der Waals surface area contributed by atoms with Crippen LogP contribution in [0.5, 0.6) is 0 Å². The Labute approximate surface area is 73.2 Å². The minimum atomic E-state index is 0.546. The number of aromatic amines is 1. The van der Waals surface area contributed by atoms with E-state index in [0.29, 0.717) is 5.41 Å². The van der Waals surface area contributed by atoms with Gasteiger partial charge in [0.25, 0.3) is 0 Å². The van der Waals surface area contributed by atoms with Gasteiger partial charge in [-0.3, -0.25) is 0 Å². The highest BCUT2D eigenvalue weighted by atomic mass is 14.8. The minimum absolute atomic E-state index is 0.546. The van der Waals surface area contributed by atoms with Gasteiger partial charge in [0.2, 0.25) is 0 Å². The van der Waals surface area contributed by atoms with Crippen LogP contribution in [-0.2, 0) is 0 Å². The Morgan fingerprint density at radius 1 is 1.50 bits per heavy atom. The summed E-state index contributed by atoms with van der Waals surface area (Å²) in [6.45, 7) is 4.63. The largest absolute Gasteiger partial charge is 0.397 e. The molecular weight excluding hydrogens is 148 g/mol. The minimum Gasteiger partial charge on any atom is -0.397 e. The monoisotopic (exact) mass is 164 g/mol. The molecule has 2 heteroatoms. The standard InChI is InChI=1S/C10H16N2/c1-10(2)4-7(5-10)9-3-8(11)6-12-9/h3,6-7,12H,4-5,11H2,1-2H3. The second kappa shape index (κ2) is 2.28. The van der Waals surface area contributed by atoms with Crippen molar-refractivity contribution < 1.29 is 0 Å². The summed E-state index contributed by atoms with van der Waals surface area (Å²) in [5.41, 5.74) is 8.35. The van der Waals surface area contributed by atoms with Crippen LogP contribution in [0.2, 0.25) is 0 Å². The number of hydrogen-bond donors (Lipinski definition) is 2. The highest BCUT2D eigenvalue weighted by Gasteiger charge is 2.37. The summed E-state index contributed by atoms with van der Waals surface area (Å²) in [5.74, 6) is 0.720. The normalized spacial score (nSPS) is 22.2. The predicted octanol–water partition coefficient (Wildman–Crippen LogP) is 2.50. The fourth-order valence-corrected chi connectivity index (χ4v) is 2.16. The summed E-state index contributed by atoms with van der Waals surface area (Å²) in [4.78, 5) is 3.22. The zero-order chi connectivity index (χ0) is 8.77. The topological polar surface area (TPSA) is 41.8 Å². The third-order valence-corrected chi connectivity index (χ3v) is 2.77. The van der Waals surface area contributed by atoms with Crippen molar-refractivity contribution in [3.63, 3.8) is 0 Å². The van der Waals surface area contributed by atoms with Crippen molar-refractivity contribution in [1.82, 2.24) is 4.98 Å². The molecule has 1 heterocycles. The second-order valence-corrected chi connectivity index (χ2v) is 4.66. The summed E-state index contributed by atoms with van der Waals surface area (Å²) in [5, 5.41) is 0. The van der Waals surface area contributed by atoms with Gasteiger partial charge in [-0.25, -0.2) is 0 Å². The summed E-state index contributed by atoms with van der Waals surface area (Å²) in [7, 11) is 0. The van der Waals surface area contributed by atoms with Crippen LogP contribution in [0.3, 0.4) is 0 Å². The Balaban J connectivity index is 2.06. The molecule has 0 unspecified atom stereocenters. The molecule has 1 aromatic rings. The van der Waals surface area contributed by atoms with Gasteiger partial charge in [-0.15, -0.1) is 0 Å². The third-order valence-electron chi connectivity index (χ3n) is 2.77. The number of rotatable bonds is 1. The van der Waals surface area contributed by atoms with Crippen LogP contribution < -0.4 is 5.73 Å². The molecule has 2 rings (SSSR count). The van der Waals surface area contributed by atoms with Gasteiger partial charge < -0.3 is 10.7 Å². The Hall–Kier alpha value is -0.920. The Bertz CT molecular complexity index is 278. The average Bonchev–Trinajstić information content (AvgIpc) is 2.30. The smallest absolute Gasteiger partial charge is 0.0494 e. The number of H-pyrrole nitrogens is 1. The predicted molar refractivity (Wildman–Crippen MR) is 51.0 cm³/mol. The first-order valence-electron chi connectivity index (χ1n) is 4.51. The van der Waals surface area contributed by atoms with Crippen LogP contribution >= 0.6 is 0 Å². The van der Waals surface area contributed by atoms with Gasteiger partial charge in [0.05, 0.1) is 0 Å². The molecule has 0 amide bonds. The van der Waals surface area contributed by atoms with E-state index >= 15 is 0 Å². The molecule has 66 valence electrons. The molecule has 0 saturated heterocycles. The lowest BCUT2D eigenvalue weighted by molar-refractivity contribution is 0.149. The molecule has 1 saturated carbocycles. The van der Waals surface area contributed by atoms with Crippen LogP contribution in [0.1, 0.15) is 38.3 Å². The lowest BCUT2D eigenvalue weighted by Gasteiger charge is -2.42. The SMILES string of the molecule is CC1(C)CC(c2cc(N)c[nH]2)C1. The molecule has 3 N–H and O–H groups in total. The van der Waals surface area contributed by atoms with Crippen LogP contribution in [-0.4, -0.2) is 4.98 Å². The quantitative estimate of drug-likeness (QED) is 0.658. The summed E-state index contributed by atoms with van der Waals surface area (Å²) >= 11 is 0. The maximum atomic E-state index is 5.63. The van der Waals surface area contributed by atoms with Gasteiger partial charge >= 0.3 is 0 Å². The molecule has 0 aliphatic heterocycles. The van der Waals surface area contributed by atoms with Crippen molar-refractivity contribution in [2.45, 2.75) is 32.6 Å². The number of nitrogens with one attached hydrogen (secondary N) is 1. The van der Waals surface area contributed by atoms with E-state index in [9.17, 15) is 0 Å². The molecule has 0 spiro atoms. The summed E-state index contributed by atoms with van der Waals surface area (Å²) in [6.07, 6.45) is 4.44. The van der Waals surface area contributed by atoms with Gasteiger partial charge in [-0.05, 0) is 24.3 Å². The number of nitrogen functional groups attached to an aromatic ring is 1. The number of hydrogen-bond acceptors (Lipinski definition) is 1. The van der Waals surface area contributed by atoms with Crippen LogP contribution in [0.25, 0.3) is 0 Å². The lowest BCUT2D eigenvalue weighted by Crippen LogP contribution is -2.29. The van der Waals surface area contributed by atoms with E-state index in [2.05, 4.69) is 24.9 Å². The molecule has 1 fully saturated rings. The molecular formula is C10H16N2. The van der Waals surface area contributed by atoms with Crippen molar-refractivity contribution in [2.24, 2.45) is 5.41 Å². The van der Waals surface area contributed by atoms with Gasteiger partial charge in [-0.1, -0.05) is 13.8 Å². The molecule has 1 aliphatic carbocycles. The first-order chi connectivity index (χ1) is 5.57. The molecule has 0 bridgehead atoms. The molecule has 0 aromatic carbocycles. The number of anilines is 1. The highest BCUT2D eigenvalue weighted by Crippen LogP contribution is 2.50. The van der Waals surface area contributed by atoms with E-state index in [4.69, 9.17) is 5.73 Å². The molecule has 0 atom stereocenters. The lowest BCUT2D eigenvalue weighted by atomic mass is 9.63. The Kier molecular flexibility index (Phi) is 1.47. The zero-order valence-corrected chi connectivity index (χ0v) is 7.72. The van der Waals surface area contributed by atoms with E-state index < -0.39 is 0 Å². The van der Waals surface area contributed by atoms with Crippen molar-refractivity contribution in [3.8, 4) is 0 Å². The molecule has 2 nitrogen and oxygen atoms in total. The van der Waals surface area contributed by atoms with E-state index in [1.165, 1.54) is 18.5 Å². The van der Waals surface area contributed by atoms with E-state index in [-0.39, 0.29) is 0 Å². The average molecular weight is 164 g/mol. The van der Waals surface area contributed by atoms with Crippen molar-refractivity contribution in [2.75, 3.05) is 5.73 Å². The first kappa shape index (κ1) is 7.71. The Morgan fingerprint density at radius 2 is 2.17 bits per heavy atom. The van der Waals surface area contributed by atoms with E-state index in [0.717, 1.165) is 11.6 Å². The Morgan fingerprint density at radius 3 is 2.58 bits per heavy atom. The molecule has 1 aliphatic rings. The van der Waals surface area contributed by atoms with E-state index in [1.54, 1.807) is 0 Å². The van der Waals surface area contributed by atoms with Gasteiger partial charge in [-0.2, -0.15) is 0 Å². The molecule has 12 heavy (non-hydrogen) atoms. The van der Waals surface area contributed by atoms with Crippen molar-refractivity contribution >= 4 is 5.69 Å². The second-order valence-electron chi connectivity index (χ2n) is 4.66. The molecule has 0 radical (unpaired) electrons. The van der Waals surface area contributed by atoms with Crippen molar-refractivity contribution in [3.05, 3.63) is 18.0 Å². The molecule has 1 aromatic heterocycles. The van der Waals surface area contributed by atoms with Gasteiger partial charge in [0, 0.05) is 23.5 Å². The highest BCUT2D eigenvalue weighted by molar-refractivity contribution is 5.39. The van der Waals surface area contributed by atoms with Gasteiger partial charge in [0.15, 0.2) is 0 Å². The number of nitrogens with two attached hydrogens (primary N) is 1. The fraction of sp³-hybridized carbons (Fsp3) is 0.600. The third kappa shape index (κ3) is 1.22. The zero-order valence-electron chi connectivity index (χ0n) is 7.72. The first-order valence-corrected chi connectivity index (χ1v) is 4.51. The van der Waals surface area contributed by atoms with Crippen LogP contribution in [0.4, 0.5) is 5.69 Å². The summed E-state index contributed by atoms with van der Waals surface area (Å²) < 4.78 is 0.